The topological polar surface area (TPSA) is 88.4 Å². The zero-order chi connectivity index (χ0) is 21.2. The highest BCUT2D eigenvalue weighted by molar-refractivity contribution is 6.32. The zero-order valence-corrected chi connectivity index (χ0v) is 17.0. The summed E-state index contributed by atoms with van der Waals surface area (Å²) in [4.78, 5) is 24.1. The van der Waals surface area contributed by atoms with Crippen molar-refractivity contribution in [1.82, 2.24) is 0 Å². The predicted octanol–water partition coefficient (Wildman–Crippen LogP) is 4.85. The van der Waals surface area contributed by atoms with Crippen molar-refractivity contribution in [1.29, 1.82) is 5.26 Å². The maximum absolute atomic E-state index is 12.4. The number of hydrogen-bond acceptors (Lipinski definition) is 5. The van der Waals surface area contributed by atoms with Crippen molar-refractivity contribution in [3.05, 3.63) is 64.2 Å². The first kappa shape index (κ1) is 22.0. The lowest BCUT2D eigenvalue weighted by atomic mass is 10.1. The minimum Gasteiger partial charge on any atom is -0.492 e. The number of benzene rings is 2. The third kappa shape index (κ3) is 6.37. The molecule has 1 N–H and O–H groups in total. The van der Waals surface area contributed by atoms with Crippen molar-refractivity contribution < 1.29 is 19.1 Å². The Morgan fingerprint density at radius 2 is 1.90 bits per heavy atom. The van der Waals surface area contributed by atoms with Gasteiger partial charge in [0.1, 0.15) is 17.4 Å². The number of carbonyl (C=O) groups is 2. The number of amides is 1. The number of halogens is 1. The van der Waals surface area contributed by atoms with Crippen LogP contribution in [0.5, 0.6) is 5.75 Å². The molecule has 0 saturated heterocycles. The van der Waals surface area contributed by atoms with Crippen molar-refractivity contribution in [2.75, 3.05) is 18.5 Å². The Balaban J connectivity index is 2.11. The zero-order valence-electron chi connectivity index (χ0n) is 16.2. The van der Waals surface area contributed by atoms with E-state index in [2.05, 4.69) is 5.32 Å². The van der Waals surface area contributed by atoms with E-state index in [1.54, 1.807) is 37.3 Å². The molecule has 7 heteroatoms. The lowest BCUT2D eigenvalue weighted by Gasteiger charge is -2.08. The van der Waals surface area contributed by atoms with Crippen LogP contribution < -0.4 is 10.1 Å². The van der Waals surface area contributed by atoms with Gasteiger partial charge in [-0.2, -0.15) is 5.26 Å². The molecule has 0 aliphatic rings. The molecule has 2 aromatic carbocycles. The molecule has 0 radical (unpaired) electrons. The van der Waals surface area contributed by atoms with E-state index in [0.29, 0.717) is 34.2 Å². The summed E-state index contributed by atoms with van der Waals surface area (Å²) in [5, 5.41) is 12.4. The number of hydrogen-bond donors (Lipinski definition) is 1. The lowest BCUT2D eigenvalue weighted by Crippen LogP contribution is -2.13. The van der Waals surface area contributed by atoms with Crippen LogP contribution in [0.15, 0.2) is 48.0 Å². The van der Waals surface area contributed by atoms with Crippen molar-refractivity contribution in [2.24, 2.45) is 0 Å². The van der Waals surface area contributed by atoms with Gasteiger partial charge in [-0.15, -0.1) is 0 Å². The van der Waals surface area contributed by atoms with Gasteiger partial charge >= 0.3 is 5.97 Å². The first-order chi connectivity index (χ1) is 14.0. The largest absolute Gasteiger partial charge is 0.492 e. The van der Waals surface area contributed by atoms with Gasteiger partial charge in [-0.05, 0) is 61.4 Å². The fourth-order valence-corrected chi connectivity index (χ4v) is 2.60. The van der Waals surface area contributed by atoms with Gasteiger partial charge in [-0.1, -0.05) is 24.6 Å². The molecule has 0 fully saturated rings. The summed E-state index contributed by atoms with van der Waals surface area (Å²) in [6.45, 7) is 4.55. The van der Waals surface area contributed by atoms with Crippen LogP contribution in [0, 0.1) is 11.3 Å². The minimum absolute atomic E-state index is 0.0854. The van der Waals surface area contributed by atoms with E-state index >= 15 is 0 Å². The van der Waals surface area contributed by atoms with E-state index in [1.807, 2.05) is 13.0 Å². The van der Waals surface area contributed by atoms with Crippen molar-refractivity contribution in [3.8, 4) is 11.8 Å². The highest BCUT2D eigenvalue weighted by atomic mass is 35.5. The highest BCUT2D eigenvalue weighted by Crippen LogP contribution is 2.26. The molecule has 0 aromatic heterocycles. The summed E-state index contributed by atoms with van der Waals surface area (Å²) in [7, 11) is 0. The van der Waals surface area contributed by atoms with E-state index in [1.165, 1.54) is 18.2 Å². The Kier molecular flexibility index (Phi) is 8.26. The summed E-state index contributed by atoms with van der Waals surface area (Å²) in [5.74, 6) is -0.458. The second-order valence-electron chi connectivity index (χ2n) is 5.96. The molecule has 150 valence electrons. The normalized spacial score (nSPS) is 10.8. The summed E-state index contributed by atoms with van der Waals surface area (Å²) in [6.07, 6.45) is 2.30. The number of nitrogens with one attached hydrogen (secondary N) is 1. The van der Waals surface area contributed by atoms with Gasteiger partial charge in [0.15, 0.2) is 0 Å². The Morgan fingerprint density at radius 1 is 1.17 bits per heavy atom. The summed E-state index contributed by atoms with van der Waals surface area (Å²) in [5.41, 5.74) is 1.34. The van der Waals surface area contributed by atoms with E-state index in [9.17, 15) is 14.9 Å². The molecule has 1 amide bonds. The van der Waals surface area contributed by atoms with Gasteiger partial charge in [0.2, 0.25) is 0 Å². The van der Waals surface area contributed by atoms with Crippen molar-refractivity contribution in [2.45, 2.75) is 20.3 Å². The number of nitrogens with zero attached hydrogens (tertiary/aromatic N) is 1. The summed E-state index contributed by atoms with van der Waals surface area (Å²) in [6, 6.07) is 13.1. The van der Waals surface area contributed by atoms with Crippen molar-refractivity contribution >= 4 is 35.2 Å². The van der Waals surface area contributed by atoms with Crippen LogP contribution >= 0.6 is 11.6 Å². The molecule has 0 heterocycles. The average Bonchev–Trinajstić information content (AvgIpc) is 2.72. The van der Waals surface area contributed by atoms with Gasteiger partial charge in [-0.3, -0.25) is 4.79 Å². The molecule has 2 rings (SSSR count). The second kappa shape index (κ2) is 10.9. The van der Waals surface area contributed by atoms with Gasteiger partial charge in [0, 0.05) is 5.69 Å². The van der Waals surface area contributed by atoms with Crippen LogP contribution in [0.1, 0.15) is 36.2 Å². The third-order valence-corrected chi connectivity index (χ3v) is 4.04. The fourth-order valence-electron chi connectivity index (χ4n) is 2.35. The monoisotopic (exact) mass is 412 g/mol. The van der Waals surface area contributed by atoms with E-state index in [4.69, 9.17) is 21.1 Å². The minimum atomic E-state index is -0.571. The first-order valence-corrected chi connectivity index (χ1v) is 9.49. The number of ether oxygens (including phenoxy) is 2. The molecule has 0 unspecified atom stereocenters. The van der Waals surface area contributed by atoms with Crippen LogP contribution in [-0.2, 0) is 9.53 Å². The molecule has 0 aliphatic carbocycles. The SMILES string of the molecule is CCCOc1ccc(/C=C(\C#N)C(=O)Nc2ccc(C(=O)OCC)cc2)cc1Cl. The van der Waals surface area contributed by atoms with Crippen LogP contribution in [0.3, 0.4) is 0 Å². The molecule has 0 aliphatic heterocycles. The summed E-state index contributed by atoms with van der Waals surface area (Å²) < 4.78 is 10.4. The average molecular weight is 413 g/mol. The van der Waals surface area contributed by atoms with Gasteiger partial charge in [-0.25, -0.2) is 4.79 Å². The number of nitriles is 1. The van der Waals surface area contributed by atoms with Crippen LogP contribution in [0.2, 0.25) is 5.02 Å². The van der Waals surface area contributed by atoms with Gasteiger partial charge < -0.3 is 14.8 Å². The Bertz CT molecular complexity index is 946. The molecule has 29 heavy (non-hydrogen) atoms. The van der Waals surface area contributed by atoms with Crippen molar-refractivity contribution in [3.63, 3.8) is 0 Å². The lowest BCUT2D eigenvalue weighted by molar-refractivity contribution is -0.112. The van der Waals surface area contributed by atoms with Crippen LogP contribution in [0.25, 0.3) is 6.08 Å². The number of anilines is 1. The maximum Gasteiger partial charge on any atom is 0.338 e. The Morgan fingerprint density at radius 3 is 2.48 bits per heavy atom. The second-order valence-corrected chi connectivity index (χ2v) is 6.37. The maximum atomic E-state index is 12.4. The van der Waals surface area contributed by atoms with Crippen LogP contribution in [0.4, 0.5) is 5.69 Å². The highest BCUT2D eigenvalue weighted by Gasteiger charge is 2.12. The third-order valence-electron chi connectivity index (χ3n) is 3.75. The molecule has 6 nitrogen and oxygen atoms in total. The van der Waals surface area contributed by atoms with E-state index < -0.39 is 11.9 Å². The van der Waals surface area contributed by atoms with E-state index in [0.717, 1.165) is 6.42 Å². The quantitative estimate of drug-likeness (QED) is 0.380. The smallest absolute Gasteiger partial charge is 0.338 e. The standard InChI is InChI=1S/C22H21ClN2O4/c1-3-11-29-20-10-5-15(13-19(20)23)12-17(14-24)21(26)25-18-8-6-16(7-9-18)22(27)28-4-2/h5-10,12-13H,3-4,11H2,1-2H3,(H,25,26)/b17-12+. The Hall–Kier alpha value is -3.30. The van der Waals surface area contributed by atoms with Gasteiger partial charge in [0.05, 0.1) is 23.8 Å². The Labute approximate surface area is 174 Å². The molecule has 0 atom stereocenters. The van der Waals surface area contributed by atoms with Gasteiger partial charge in [0.25, 0.3) is 5.91 Å². The van der Waals surface area contributed by atoms with E-state index in [-0.39, 0.29) is 12.2 Å². The van der Waals surface area contributed by atoms with Crippen LogP contribution in [-0.4, -0.2) is 25.1 Å². The fraction of sp³-hybridized carbons (Fsp3) is 0.227. The molecular weight excluding hydrogens is 392 g/mol. The molecular formula is C22H21ClN2O4. The predicted molar refractivity (Wildman–Crippen MR) is 112 cm³/mol. The molecule has 0 spiro atoms. The molecule has 2 aromatic rings. The molecule has 0 saturated carbocycles. The number of rotatable bonds is 8. The first-order valence-electron chi connectivity index (χ1n) is 9.11. The number of carbonyl (C=O) groups excluding carboxylic acids is 2. The molecule has 0 bridgehead atoms. The number of esters is 1. The summed E-state index contributed by atoms with van der Waals surface area (Å²) >= 11 is 6.19.